The number of fused-ring (bicyclic) bond motifs is 1. The topological polar surface area (TPSA) is 20.5 Å². The van der Waals surface area contributed by atoms with Crippen LogP contribution in [0, 0.1) is 6.92 Å². The first-order chi connectivity index (χ1) is 12.1. The van der Waals surface area contributed by atoms with Crippen molar-refractivity contribution in [1.82, 2.24) is 0 Å². The fraction of sp³-hybridized carbons (Fsp3) is 0.261. The number of benzene rings is 1. The van der Waals surface area contributed by atoms with Gasteiger partial charge in [-0.25, -0.2) is 4.42 Å². The Hall–Kier alpha value is -2.61. The van der Waals surface area contributed by atoms with Gasteiger partial charge in [0.25, 0.3) is 0 Å². The zero-order valence-corrected chi connectivity index (χ0v) is 15.1. The highest BCUT2D eigenvalue weighted by Crippen LogP contribution is 2.39. The van der Waals surface area contributed by atoms with Crippen molar-refractivity contribution in [3.63, 3.8) is 0 Å². The molecule has 2 nitrogen and oxygen atoms in total. The van der Waals surface area contributed by atoms with Crippen molar-refractivity contribution in [1.29, 1.82) is 0 Å². The first-order valence-corrected chi connectivity index (χ1v) is 8.92. The molecule has 0 bridgehead atoms. The lowest BCUT2D eigenvalue weighted by atomic mass is 9.83. The van der Waals surface area contributed by atoms with Crippen LogP contribution < -0.4 is 0 Å². The Balaban J connectivity index is 1.92. The van der Waals surface area contributed by atoms with Crippen molar-refractivity contribution in [3.05, 3.63) is 82.5 Å². The van der Waals surface area contributed by atoms with Gasteiger partial charge in [0.05, 0.1) is 24.1 Å². The summed E-state index contributed by atoms with van der Waals surface area (Å²) < 4.78 is 11.8. The van der Waals surface area contributed by atoms with E-state index in [2.05, 4.69) is 49.4 Å². The van der Waals surface area contributed by atoms with Crippen molar-refractivity contribution in [3.8, 4) is 11.3 Å². The summed E-state index contributed by atoms with van der Waals surface area (Å²) in [6.45, 7) is 6.12. The maximum Gasteiger partial charge on any atom is 0.360 e. The highest BCUT2D eigenvalue weighted by Gasteiger charge is 2.27. The van der Waals surface area contributed by atoms with E-state index >= 15 is 0 Å². The lowest BCUT2D eigenvalue weighted by molar-refractivity contribution is 0.304. The second-order valence-corrected chi connectivity index (χ2v) is 6.82. The summed E-state index contributed by atoms with van der Waals surface area (Å²) in [6, 6.07) is 12.6. The summed E-state index contributed by atoms with van der Waals surface area (Å²) in [5.74, 6) is 3.87. The van der Waals surface area contributed by atoms with Crippen LogP contribution in [-0.2, 0) is 11.2 Å². The summed E-state index contributed by atoms with van der Waals surface area (Å²) in [4.78, 5) is 0. The number of rotatable bonds is 1. The Bertz CT molecular complexity index is 895. The summed E-state index contributed by atoms with van der Waals surface area (Å²) in [5, 5.41) is 0. The van der Waals surface area contributed by atoms with E-state index in [0.29, 0.717) is 0 Å². The van der Waals surface area contributed by atoms with Crippen LogP contribution in [0.4, 0.5) is 0 Å². The summed E-state index contributed by atoms with van der Waals surface area (Å²) in [6.07, 6.45) is 7.64. The molecule has 0 unspecified atom stereocenters. The molecule has 0 amide bonds. The Kier molecular flexibility index (Phi) is 4.04. The van der Waals surface area contributed by atoms with Gasteiger partial charge in [0, 0.05) is 0 Å². The van der Waals surface area contributed by atoms with Crippen LogP contribution in [0.2, 0.25) is 0 Å². The van der Waals surface area contributed by atoms with E-state index in [4.69, 9.17) is 9.15 Å². The zero-order valence-electron chi connectivity index (χ0n) is 15.1. The predicted molar refractivity (Wildman–Crippen MR) is 102 cm³/mol. The van der Waals surface area contributed by atoms with Crippen molar-refractivity contribution in [2.24, 2.45) is 0 Å². The molecular formula is C23H23O2+. The van der Waals surface area contributed by atoms with Crippen LogP contribution in [0.3, 0.4) is 0 Å². The Morgan fingerprint density at radius 1 is 0.920 bits per heavy atom. The number of aryl methyl sites for hydroxylation is 1. The van der Waals surface area contributed by atoms with Gasteiger partial charge >= 0.3 is 11.5 Å². The molecule has 1 aliphatic carbocycles. The third kappa shape index (κ3) is 3.05. The highest BCUT2D eigenvalue weighted by molar-refractivity contribution is 5.79. The van der Waals surface area contributed by atoms with Crippen molar-refractivity contribution in [2.75, 3.05) is 0 Å². The number of hydrogen-bond donors (Lipinski definition) is 0. The molecule has 0 radical (unpaired) electrons. The van der Waals surface area contributed by atoms with E-state index in [-0.39, 0.29) is 0 Å². The second kappa shape index (κ2) is 6.36. The van der Waals surface area contributed by atoms with Crippen molar-refractivity contribution < 1.29 is 9.15 Å². The highest BCUT2D eigenvalue weighted by atomic mass is 16.5. The normalized spacial score (nSPS) is 16.8. The van der Waals surface area contributed by atoms with Crippen LogP contribution in [0.1, 0.15) is 43.6 Å². The van der Waals surface area contributed by atoms with E-state index < -0.39 is 0 Å². The molecule has 0 spiro atoms. The van der Waals surface area contributed by atoms with Gasteiger partial charge in [-0.1, -0.05) is 18.2 Å². The fourth-order valence-corrected chi connectivity index (χ4v) is 3.83. The van der Waals surface area contributed by atoms with Crippen LogP contribution in [0.15, 0.2) is 70.1 Å². The van der Waals surface area contributed by atoms with E-state index in [1.54, 1.807) is 0 Å². The average molecular weight is 331 g/mol. The molecule has 1 aliphatic heterocycles. The summed E-state index contributed by atoms with van der Waals surface area (Å²) in [7, 11) is 0. The molecule has 4 rings (SSSR count). The Morgan fingerprint density at radius 2 is 1.64 bits per heavy atom. The lowest BCUT2D eigenvalue weighted by Gasteiger charge is -2.21. The van der Waals surface area contributed by atoms with Gasteiger partial charge in [0.2, 0.25) is 0 Å². The molecule has 2 aromatic rings. The summed E-state index contributed by atoms with van der Waals surface area (Å²) >= 11 is 0. The molecule has 0 saturated heterocycles. The third-order valence-corrected chi connectivity index (χ3v) is 4.91. The average Bonchev–Trinajstić information content (AvgIpc) is 2.61. The molecule has 2 heteroatoms. The second-order valence-electron chi connectivity index (χ2n) is 6.82. The minimum absolute atomic E-state index is 0.935. The van der Waals surface area contributed by atoms with Gasteiger partial charge < -0.3 is 4.74 Å². The molecule has 1 aromatic carbocycles. The van der Waals surface area contributed by atoms with Crippen molar-refractivity contribution in [2.45, 2.75) is 40.0 Å². The minimum atomic E-state index is 0.935. The van der Waals surface area contributed by atoms with Gasteiger partial charge in [-0.3, -0.25) is 0 Å². The lowest BCUT2D eigenvalue weighted by Crippen LogP contribution is -2.07. The van der Waals surface area contributed by atoms with Gasteiger partial charge in [-0.15, -0.1) is 0 Å². The smallest absolute Gasteiger partial charge is 0.360 e. The van der Waals surface area contributed by atoms with Crippen LogP contribution in [0.5, 0.6) is 0 Å². The predicted octanol–water partition coefficient (Wildman–Crippen LogP) is 6.46. The molecule has 0 fully saturated rings. The number of hydrogen-bond acceptors (Lipinski definition) is 1. The van der Waals surface area contributed by atoms with E-state index in [1.807, 2.05) is 19.9 Å². The fourth-order valence-electron chi connectivity index (χ4n) is 3.83. The largest absolute Gasteiger partial charge is 0.467 e. The molecule has 0 atom stereocenters. The van der Waals surface area contributed by atoms with Gasteiger partial charge in [0.1, 0.15) is 11.5 Å². The molecule has 2 heterocycles. The van der Waals surface area contributed by atoms with Crippen LogP contribution in [-0.4, -0.2) is 0 Å². The van der Waals surface area contributed by atoms with E-state index in [9.17, 15) is 0 Å². The van der Waals surface area contributed by atoms with Gasteiger partial charge in [-0.05, 0) is 74.1 Å². The van der Waals surface area contributed by atoms with Gasteiger partial charge in [0.15, 0.2) is 0 Å². The Morgan fingerprint density at radius 3 is 2.36 bits per heavy atom. The Labute approximate surface area is 149 Å². The maximum atomic E-state index is 6.16. The van der Waals surface area contributed by atoms with Crippen LogP contribution >= 0.6 is 0 Å². The monoisotopic (exact) mass is 331 g/mol. The molecule has 0 saturated carbocycles. The number of allylic oxidation sites excluding steroid dienone is 6. The number of ether oxygens (including phenoxy) is 1. The van der Waals surface area contributed by atoms with Crippen molar-refractivity contribution >= 4 is 5.57 Å². The van der Waals surface area contributed by atoms with Gasteiger partial charge in [-0.2, -0.15) is 0 Å². The minimum Gasteiger partial charge on any atom is -0.467 e. The molecule has 25 heavy (non-hydrogen) atoms. The molecule has 126 valence electrons. The molecule has 0 N–H and O–H groups in total. The maximum absolute atomic E-state index is 6.16. The molecular weight excluding hydrogens is 308 g/mol. The SMILES string of the molecule is CC1=CC(=C2CCCc3c2cc(-c2ccccc2)[o+]c3C)C=C(C)O1. The molecule has 2 aliphatic rings. The van der Waals surface area contributed by atoms with E-state index in [0.717, 1.165) is 47.9 Å². The van der Waals surface area contributed by atoms with E-state index in [1.165, 1.54) is 22.3 Å². The van der Waals surface area contributed by atoms with Crippen LogP contribution in [0.25, 0.3) is 16.9 Å². The standard InChI is InChI=1S/C23H23O2/c1-15-12-19(13-16(2)24-15)21-11-7-10-20-17(3)25-23(14-22(20)21)18-8-5-4-6-9-18/h4-6,8-9,12-14H,7,10-11H2,1-3H3/q+1. The first kappa shape index (κ1) is 15.9. The quantitative estimate of drug-likeness (QED) is 0.559. The third-order valence-electron chi connectivity index (χ3n) is 4.91. The first-order valence-electron chi connectivity index (χ1n) is 8.92. The summed E-state index contributed by atoms with van der Waals surface area (Å²) in [5.41, 5.74) is 6.47. The zero-order chi connectivity index (χ0) is 17.4. The molecule has 1 aromatic heterocycles.